The van der Waals surface area contributed by atoms with Crippen molar-refractivity contribution in [3.8, 4) is 23.1 Å². The van der Waals surface area contributed by atoms with Crippen molar-refractivity contribution in [1.29, 1.82) is 0 Å². The molecule has 1 aliphatic heterocycles. The molecule has 4 aromatic rings. The van der Waals surface area contributed by atoms with E-state index in [1.807, 2.05) is 55.6 Å². The minimum Gasteiger partial charge on any atom is -0.461 e. The van der Waals surface area contributed by atoms with Crippen LogP contribution in [0.3, 0.4) is 0 Å². The summed E-state index contributed by atoms with van der Waals surface area (Å²) < 4.78 is 15.3. The van der Waals surface area contributed by atoms with Crippen LogP contribution in [0.2, 0.25) is 0 Å². The highest BCUT2D eigenvalue weighted by Crippen LogP contribution is 2.23. The number of hydrogen-bond donors (Lipinski definition) is 0. The van der Waals surface area contributed by atoms with Crippen LogP contribution in [-0.2, 0) is 17.8 Å². The predicted molar refractivity (Wildman–Crippen MR) is 137 cm³/mol. The monoisotopic (exact) mass is 488 g/mol. The Morgan fingerprint density at radius 2 is 1.89 bits per heavy atom. The van der Waals surface area contributed by atoms with Crippen LogP contribution < -0.4 is 9.64 Å². The summed E-state index contributed by atoms with van der Waals surface area (Å²) in [7, 11) is 4.06. The molecule has 4 heterocycles. The van der Waals surface area contributed by atoms with Crippen molar-refractivity contribution in [3.05, 3.63) is 66.4 Å². The maximum absolute atomic E-state index is 6.02. The second-order valence-electron chi connectivity index (χ2n) is 9.17. The van der Waals surface area contributed by atoms with Crippen LogP contribution in [0.1, 0.15) is 11.3 Å². The fourth-order valence-electron chi connectivity index (χ4n) is 4.12. The van der Waals surface area contributed by atoms with E-state index in [0.29, 0.717) is 38.2 Å². The average Bonchev–Trinajstić information content (AvgIpc) is 3.54. The van der Waals surface area contributed by atoms with Gasteiger partial charge in [-0.15, -0.1) is 0 Å². The van der Waals surface area contributed by atoms with Crippen molar-refractivity contribution in [2.75, 3.05) is 51.9 Å². The lowest BCUT2D eigenvalue weighted by molar-refractivity contribution is 0.122. The summed E-state index contributed by atoms with van der Waals surface area (Å²) in [6.07, 6.45) is 5.79. The Kier molecular flexibility index (Phi) is 7.24. The third kappa shape index (κ3) is 5.89. The third-order valence-electron chi connectivity index (χ3n) is 5.90. The average molecular weight is 489 g/mol. The summed E-state index contributed by atoms with van der Waals surface area (Å²) in [6, 6.07) is 12.6. The minimum atomic E-state index is 0.329. The van der Waals surface area contributed by atoms with E-state index < -0.39 is 0 Å². The summed E-state index contributed by atoms with van der Waals surface area (Å²) in [4.78, 5) is 18.1. The van der Waals surface area contributed by atoms with Gasteiger partial charge in [0.05, 0.1) is 37.5 Å². The van der Waals surface area contributed by atoms with Crippen molar-refractivity contribution in [1.82, 2.24) is 34.2 Å². The first-order valence-corrected chi connectivity index (χ1v) is 12.2. The van der Waals surface area contributed by atoms with E-state index in [-0.39, 0.29) is 0 Å². The van der Waals surface area contributed by atoms with Crippen LogP contribution in [0, 0.1) is 6.92 Å². The molecular weight excluding hydrogens is 456 g/mol. The Labute approximate surface area is 211 Å². The van der Waals surface area contributed by atoms with E-state index in [0.717, 1.165) is 42.4 Å². The van der Waals surface area contributed by atoms with Gasteiger partial charge in [0.2, 0.25) is 0 Å². The molecule has 1 aromatic carbocycles. The van der Waals surface area contributed by atoms with Gasteiger partial charge in [-0.05, 0) is 33.2 Å². The number of aryl methyl sites for hydroxylation is 1. The molecule has 3 aromatic heterocycles. The van der Waals surface area contributed by atoms with Gasteiger partial charge in [0, 0.05) is 43.7 Å². The molecule has 0 N–H and O–H groups in total. The smallest absolute Gasteiger partial charge is 0.320 e. The highest BCUT2D eigenvalue weighted by molar-refractivity contribution is 5.60. The van der Waals surface area contributed by atoms with Gasteiger partial charge in [-0.1, -0.05) is 23.8 Å². The van der Waals surface area contributed by atoms with Crippen molar-refractivity contribution < 1.29 is 9.47 Å². The number of aromatic nitrogens is 6. The van der Waals surface area contributed by atoms with E-state index >= 15 is 0 Å². The first-order chi connectivity index (χ1) is 17.5. The molecule has 0 radical (unpaired) electrons. The van der Waals surface area contributed by atoms with E-state index in [4.69, 9.17) is 19.6 Å². The number of nitrogens with zero attached hydrogens (tertiary/aromatic N) is 8. The number of imidazole rings is 1. The second-order valence-corrected chi connectivity index (χ2v) is 9.17. The normalized spacial score (nSPS) is 13.9. The van der Waals surface area contributed by atoms with Gasteiger partial charge in [0.1, 0.15) is 12.4 Å². The Bertz CT molecular complexity index is 1290. The van der Waals surface area contributed by atoms with Gasteiger partial charge in [-0.25, -0.2) is 9.67 Å². The lowest BCUT2D eigenvalue weighted by atomic mass is 10.1. The molecule has 1 aliphatic rings. The summed E-state index contributed by atoms with van der Waals surface area (Å²) >= 11 is 0. The first kappa shape index (κ1) is 24.0. The quantitative estimate of drug-likeness (QED) is 0.356. The highest BCUT2D eigenvalue weighted by Gasteiger charge is 2.17. The summed E-state index contributed by atoms with van der Waals surface area (Å²) in [5.41, 5.74) is 4.18. The molecule has 36 heavy (non-hydrogen) atoms. The summed E-state index contributed by atoms with van der Waals surface area (Å²) in [5.74, 6) is 1.47. The third-order valence-corrected chi connectivity index (χ3v) is 5.90. The molecule has 1 fully saturated rings. The number of rotatable bonds is 9. The molecule has 0 amide bonds. The van der Waals surface area contributed by atoms with Crippen LogP contribution in [0.25, 0.3) is 17.1 Å². The molecule has 10 nitrogen and oxygen atoms in total. The van der Waals surface area contributed by atoms with Crippen LogP contribution in [0.4, 0.5) is 5.82 Å². The van der Waals surface area contributed by atoms with Crippen molar-refractivity contribution in [2.45, 2.75) is 20.0 Å². The van der Waals surface area contributed by atoms with E-state index in [2.05, 4.69) is 44.9 Å². The van der Waals surface area contributed by atoms with E-state index in [1.165, 1.54) is 5.56 Å². The standard InChI is InChI=1S/C26H32N8O2/c1-20-5-4-6-21(15-20)23-7-8-34(30-23)25-16-24(33-10-12-35-13-11-33)28-26(29-25)36-14-9-32-18-22(27-19-32)17-31(2)3/h4-8,15-16,18-19H,9-14,17H2,1-3H3. The van der Waals surface area contributed by atoms with Crippen molar-refractivity contribution in [3.63, 3.8) is 0 Å². The molecule has 10 heteroatoms. The zero-order chi connectivity index (χ0) is 24.9. The maximum atomic E-state index is 6.02. The second kappa shape index (κ2) is 10.9. The van der Waals surface area contributed by atoms with Gasteiger partial charge in [0.25, 0.3) is 0 Å². The molecule has 0 spiro atoms. The fraction of sp³-hybridized carbons (Fsp3) is 0.385. The van der Waals surface area contributed by atoms with Gasteiger partial charge >= 0.3 is 6.01 Å². The van der Waals surface area contributed by atoms with E-state index in [1.54, 1.807) is 4.68 Å². The SMILES string of the molecule is Cc1cccc(-c2ccn(-c3cc(N4CCOCC4)nc(OCCn4cnc(CN(C)C)c4)n3)n2)c1. The molecule has 0 aliphatic carbocycles. The molecule has 0 bridgehead atoms. The van der Waals surface area contributed by atoms with E-state index in [9.17, 15) is 0 Å². The zero-order valence-electron chi connectivity index (χ0n) is 21.0. The van der Waals surface area contributed by atoms with Gasteiger partial charge in [-0.3, -0.25) is 0 Å². The number of anilines is 1. The Hall–Kier alpha value is -3.76. The molecule has 0 unspecified atom stereocenters. The molecule has 1 saturated heterocycles. The van der Waals surface area contributed by atoms with Crippen LogP contribution in [-0.4, -0.2) is 81.2 Å². The van der Waals surface area contributed by atoms with Crippen LogP contribution in [0.15, 0.2) is 55.1 Å². The van der Waals surface area contributed by atoms with Gasteiger partial charge < -0.3 is 23.8 Å². The first-order valence-electron chi connectivity index (χ1n) is 12.2. The summed E-state index contributed by atoms with van der Waals surface area (Å²) in [5, 5.41) is 4.78. The van der Waals surface area contributed by atoms with Gasteiger partial charge in [0.15, 0.2) is 5.82 Å². The largest absolute Gasteiger partial charge is 0.461 e. The lowest BCUT2D eigenvalue weighted by Gasteiger charge is -2.28. The topological polar surface area (TPSA) is 86.4 Å². The van der Waals surface area contributed by atoms with Crippen molar-refractivity contribution in [2.24, 2.45) is 0 Å². The Morgan fingerprint density at radius 1 is 1.06 bits per heavy atom. The number of morpholine rings is 1. The molecule has 5 rings (SSSR count). The zero-order valence-corrected chi connectivity index (χ0v) is 21.0. The maximum Gasteiger partial charge on any atom is 0.320 e. The summed E-state index contributed by atoms with van der Waals surface area (Å²) in [6.45, 7) is 6.85. The Morgan fingerprint density at radius 3 is 2.69 bits per heavy atom. The molecule has 0 atom stereocenters. The number of hydrogen-bond acceptors (Lipinski definition) is 8. The molecule has 188 valence electrons. The fourth-order valence-corrected chi connectivity index (χ4v) is 4.12. The van der Waals surface area contributed by atoms with Crippen LogP contribution in [0.5, 0.6) is 6.01 Å². The molecule has 0 saturated carbocycles. The van der Waals surface area contributed by atoms with Crippen LogP contribution >= 0.6 is 0 Å². The number of benzene rings is 1. The lowest BCUT2D eigenvalue weighted by Crippen LogP contribution is -2.37. The highest BCUT2D eigenvalue weighted by atomic mass is 16.5. The van der Waals surface area contributed by atoms with Crippen molar-refractivity contribution >= 4 is 5.82 Å². The predicted octanol–water partition coefficient (Wildman–Crippen LogP) is 2.81. The molecular formula is C26H32N8O2. The number of ether oxygens (including phenoxy) is 2. The Balaban J connectivity index is 1.35. The minimum absolute atomic E-state index is 0.329. The van der Waals surface area contributed by atoms with Gasteiger partial charge in [-0.2, -0.15) is 15.1 Å².